The van der Waals surface area contributed by atoms with Gasteiger partial charge in [0.2, 0.25) is 0 Å². The van der Waals surface area contributed by atoms with Crippen LogP contribution in [0.2, 0.25) is 5.15 Å². The molecule has 0 radical (unpaired) electrons. The first-order chi connectivity index (χ1) is 15.1. The highest BCUT2D eigenvalue weighted by Gasteiger charge is 2.30. The first-order valence-electron chi connectivity index (χ1n) is 9.33. The molecule has 0 aliphatic carbocycles. The van der Waals surface area contributed by atoms with E-state index in [0.717, 1.165) is 24.3 Å². The fourth-order valence-corrected chi connectivity index (χ4v) is 3.16. The van der Waals surface area contributed by atoms with Gasteiger partial charge in [0, 0.05) is 6.54 Å². The molecule has 170 valence electrons. The number of alkyl halides is 3. The van der Waals surface area contributed by atoms with Gasteiger partial charge in [-0.05, 0) is 55.5 Å². The number of aryl methyl sites for hydroxylation is 1. The third-order valence-corrected chi connectivity index (χ3v) is 4.77. The Morgan fingerprint density at radius 3 is 2.41 bits per heavy atom. The summed E-state index contributed by atoms with van der Waals surface area (Å²) in [7, 11) is 0. The highest BCUT2D eigenvalue weighted by atomic mass is 35.5. The van der Waals surface area contributed by atoms with Gasteiger partial charge in [-0.2, -0.15) is 18.3 Å². The number of carbonyl (C=O) groups excluding carboxylic acids is 1. The molecule has 3 rings (SSSR count). The van der Waals surface area contributed by atoms with Crippen molar-refractivity contribution in [1.82, 2.24) is 15.1 Å². The fraction of sp³-hybridized carbons (Fsp3) is 0.238. The van der Waals surface area contributed by atoms with Crippen LogP contribution in [0, 0.1) is 12.7 Å². The van der Waals surface area contributed by atoms with E-state index < -0.39 is 29.6 Å². The summed E-state index contributed by atoms with van der Waals surface area (Å²) >= 11 is 6.28. The molecule has 1 aromatic heterocycles. The average Bonchev–Trinajstić information content (AvgIpc) is 3.04. The first-order valence-corrected chi connectivity index (χ1v) is 9.71. The molecular formula is C21H18ClF4N3O3. The summed E-state index contributed by atoms with van der Waals surface area (Å²) in [6.07, 6.45) is -5.58. The van der Waals surface area contributed by atoms with Crippen molar-refractivity contribution in [2.75, 3.05) is 13.2 Å². The van der Waals surface area contributed by atoms with E-state index >= 15 is 0 Å². The molecule has 0 saturated carbocycles. The number of halogens is 5. The van der Waals surface area contributed by atoms with E-state index in [1.165, 1.54) is 28.9 Å². The van der Waals surface area contributed by atoms with Crippen molar-refractivity contribution < 1.29 is 32.2 Å². The minimum Gasteiger partial charge on any atom is -0.491 e. The molecule has 0 unspecified atom stereocenters. The van der Waals surface area contributed by atoms with Gasteiger partial charge >= 0.3 is 6.18 Å². The summed E-state index contributed by atoms with van der Waals surface area (Å²) in [5, 5.41) is 16.7. The van der Waals surface area contributed by atoms with Gasteiger partial charge in [-0.15, -0.1) is 0 Å². The Bertz CT molecular complexity index is 1080. The normalized spacial score (nSPS) is 12.5. The number of amides is 1. The van der Waals surface area contributed by atoms with Crippen LogP contribution in [-0.4, -0.2) is 40.0 Å². The molecule has 0 fully saturated rings. The van der Waals surface area contributed by atoms with Crippen LogP contribution in [0.5, 0.6) is 5.75 Å². The van der Waals surface area contributed by atoms with E-state index in [0.29, 0.717) is 11.4 Å². The molecule has 2 N–H and O–H groups in total. The molecule has 32 heavy (non-hydrogen) atoms. The Hall–Kier alpha value is -3.11. The van der Waals surface area contributed by atoms with Crippen LogP contribution in [0.15, 0.2) is 48.5 Å². The van der Waals surface area contributed by atoms with E-state index in [2.05, 4.69) is 10.4 Å². The second kappa shape index (κ2) is 9.58. The molecule has 0 bridgehead atoms. The molecule has 3 aromatic rings. The smallest absolute Gasteiger partial charge is 0.416 e. The summed E-state index contributed by atoms with van der Waals surface area (Å²) in [4.78, 5) is 12.5. The van der Waals surface area contributed by atoms with Crippen LogP contribution >= 0.6 is 11.6 Å². The van der Waals surface area contributed by atoms with Crippen LogP contribution in [0.25, 0.3) is 5.69 Å². The predicted molar refractivity (Wildman–Crippen MR) is 109 cm³/mol. The maximum Gasteiger partial charge on any atom is 0.416 e. The van der Waals surface area contributed by atoms with Crippen LogP contribution in [-0.2, 0) is 6.18 Å². The summed E-state index contributed by atoms with van der Waals surface area (Å²) in [5.41, 5.74) is 0.0637. The van der Waals surface area contributed by atoms with Crippen LogP contribution < -0.4 is 10.1 Å². The highest BCUT2D eigenvalue weighted by molar-refractivity contribution is 6.33. The largest absolute Gasteiger partial charge is 0.491 e. The topological polar surface area (TPSA) is 76.4 Å². The van der Waals surface area contributed by atoms with E-state index in [1.54, 1.807) is 6.92 Å². The number of aromatic nitrogens is 2. The third-order valence-electron chi connectivity index (χ3n) is 4.42. The van der Waals surface area contributed by atoms with Gasteiger partial charge in [0.1, 0.15) is 29.4 Å². The molecule has 1 amide bonds. The summed E-state index contributed by atoms with van der Waals surface area (Å²) in [5.74, 6) is -0.878. The van der Waals surface area contributed by atoms with E-state index in [-0.39, 0.29) is 29.6 Å². The van der Waals surface area contributed by atoms with E-state index in [4.69, 9.17) is 16.3 Å². The number of aliphatic hydroxyl groups excluding tert-OH is 1. The molecule has 2 aromatic carbocycles. The maximum atomic E-state index is 13.1. The van der Waals surface area contributed by atoms with Gasteiger partial charge in [0.05, 0.1) is 22.5 Å². The summed E-state index contributed by atoms with van der Waals surface area (Å²) < 4.78 is 57.4. The molecule has 0 saturated heterocycles. The molecular weight excluding hydrogens is 454 g/mol. The fourth-order valence-electron chi connectivity index (χ4n) is 2.80. The lowest BCUT2D eigenvalue weighted by molar-refractivity contribution is -0.137. The Morgan fingerprint density at radius 2 is 1.81 bits per heavy atom. The minimum absolute atomic E-state index is 0.0158. The number of nitrogens with one attached hydrogen (secondary N) is 1. The van der Waals surface area contributed by atoms with Crippen molar-refractivity contribution >= 4 is 17.5 Å². The van der Waals surface area contributed by atoms with Gasteiger partial charge in [-0.1, -0.05) is 11.6 Å². The molecule has 11 heteroatoms. The molecule has 1 heterocycles. The van der Waals surface area contributed by atoms with Crippen molar-refractivity contribution in [1.29, 1.82) is 0 Å². The van der Waals surface area contributed by atoms with Gasteiger partial charge < -0.3 is 15.2 Å². The van der Waals surface area contributed by atoms with Crippen LogP contribution in [0.4, 0.5) is 17.6 Å². The standard InChI is InChI=1S/C21H18ClF4N3O3/c1-12-18(19(22)29(28-12)15-6-4-14(23)5-7-15)20(31)27-10-16(30)11-32-17-8-2-13(3-9-17)21(24,25)26/h2-9,16,30H,10-11H2,1H3,(H,27,31)/t16-/m1/s1. The first kappa shape index (κ1) is 23.6. The number of aliphatic hydroxyl groups is 1. The number of benzene rings is 2. The number of nitrogens with zero attached hydrogens (tertiary/aromatic N) is 2. The predicted octanol–water partition coefficient (Wildman–Crippen LogP) is 4.16. The maximum absolute atomic E-state index is 13.1. The lowest BCUT2D eigenvalue weighted by Crippen LogP contribution is -2.35. The zero-order valence-electron chi connectivity index (χ0n) is 16.7. The van der Waals surface area contributed by atoms with Gasteiger partial charge in [-0.25, -0.2) is 9.07 Å². The molecule has 6 nitrogen and oxygen atoms in total. The number of ether oxygens (including phenoxy) is 1. The number of carbonyl (C=O) groups is 1. The Labute approximate surface area is 185 Å². The van der Waals surface area contributed by atoms with Gasteiger partial charge in [0.15, 0.2) is 0 Å². The van der Waals surface area contributed by atoms with Crippen LogP contribution in [0.1, 0.15) is 21.6 Å². The lowest BCUT2D eigenvalue weighted by Gasteiger charge is -2.14. The SMILES string of the molecule is Cc1nn(-c2ccc(F)cc2)c(Cl)c1C(=O)NC[C@@H](O)COc1ccc(C(F)(F)F)cc1. The van der Waals surface area contributed by atoms with Gasteiger partial charge in [-0.3, -0.25) is 4.79 Å². The Balaban J connectivity index is 1.57. The summed E-state index contributed by atoms with van der Waals surface area (Å²) in [6.45, 7) is 1.12. The lowest BCUT2D eigenvalue weighted by atomic mass is 10.2. The zero-order chi connectivity index (χ0) is 23.5. The van der Waals surface area contributed by atoms with Crippen molar-refractivity contribution in [3.63, 3.8) is 0 Å². The van der Waals surface area contributed by atoms with E-state index in [9.17, 15) is 27.5 Å². The second-order valence-electron chi connectivity index (χ2n) is 6.84. The van der Waals surface area contributed by atoms with Crippen molar-refractivity contribution in [2.45, 2.75) is 19.2 Å². The number of hydrogen-bond donors (Lipinski definition) is 2. The Kier molecular flexibility index (Phi) is 7.05. The van der Waals surface area contributed by atoms with Crippen molar-refractivity contribution in [3.8, 4) is 11.4 Å². The van der Waals surface area contributed by atoms with Crippen molar-refractivity contribution in [2.24, 2.45) is 0 Å². The molecule has 0 spiro atoms. The van der Waals surface area contributed by atoms with Gasteiger partial charge in [0.25, 0.3) is 5.91 Å². The van der Waals surface area contributed by atoms with Crippen LogP contribution in [0.3, 0.4) is 0 Å². The molecule has 0 aliphatic heterocycles. The molecule has 1 atom stereocenters. The highest BCUT2D eigenvalue weighted by Crippen LogP contribution is 2.30. The quantitative estimate of drug-likeness (QED) is 0.507. The average molecular weight is 472 g/mol. The third kappa shape index (κ3) is 5.57. The second-order valence-corrected chi connectivity index (χ2v) is 7.19. The monoisotopic (exact) mass is 471 g/mol. The zero-order valence-corrected chi connectivity index (χ0v) is 17.4. The summed E-state index contributed by atoms with van der Waals surface area (Å²) in [6, 6.07) is 9.39. The number of hydrogen-bond acceptors (Lipinski definition) is 4. The number of rotatable bonds is 7. The van der Waals surface area contributed by atoms with E-state index in [1.807, 2.05) is 0 Å². The Morgan fingerprint density at radius 1 is 1.19 bits per heavy atom. The minimum atomic E-state index is -4.45. The van der Waals surface area contributed by atoms with Crippen molar-refractivity contribution in [3.05, 3.63) is 76.3 Å². The molecule has 0 aliphatic rings.